The quantitative estimate of drug-likeness (QED) is 0.533. The third-order valence-corrected chi connectivity index (χ3v) is 5.14. The van der Waals surface area contributed by atoms with Crippen LogP contribution in [0.5, 0.6) is 0 Å². The lowest BCUT2D eigenvalue weighted by Crippen LogP contribution is -1.90. The predicted molar refractivity (Wildman–Crippen MR) is 99.8 cm³/mol. The van der Waals surface area contributed by atoms with Gasteiger partial charge in [-0.15, -0.1) is 11.3 Å². The average molecular weight is 341 g/mol. The molecular formula is C20H20FNOS. The Bertz CT molecular complexity index is 913. The molecule has 1 aromatic heterocycles. The highest BCUT2D eigenvalue weighted by molar-refractivity contribution is 7.16. The number of nitrogens with zero attached hydrogens (tertiary/aromatic N) is 1. The molecule has 0 fully saturated rings. The van der Waals surface area contributed by atoms with Crippen molar-refractivity contribution in [1.29, 1.82) is 0 Å². The number of hydrogen-bond acceptors (Lipinski definition) is 3. The molecule has 3 rings (SSSR count). The van der Waals surface area contributed by atoms with Crippen molar-refractivity contribution in [2.45, 2.75) is 27.2 Å². The van der Waals surface area contributed by atoms with Crippen molar-refractivity contribution in [3.05, 3.63) is 58.9 Å². The molecule has 0 saturated carbocycles. The number of ether oxygens (including phenoxy) is 1. The lowest BCUT2D eigenvalue weighted by molar-refractivity contribution is 0.300. The van der Waals surface area contributed by atoms with Crippen molar-refractivity contribution in [3.8, 4) is 10.6 Å². The molecule has 24 heavy (non-hydrogen) atoms. The lowest BCUT2D eigenvalue weighted by Gasteiger charge is -2.09. The molecule has 0 N–H and O–H groups in total. The number of aryl methyl sites for hydroxylation is 2. The van der Waals surface area contributed by atoms with Gasteiger partial charge in [0.2, 0.25) is 0 Å². The summed E-state index contributed by atoms with van der Waals surface area (Å²) in [7, 11) is 0. The van der Waals surface area contributed by atoms with E-state index in [-0.39, 0.29) is 5.82 Å². The number of rotatable bonds is 5. The van der Waals surface area contributed by atoms with E-state index >= 15 is 0 Å². The number of hydrogen-bond donors (Lipinski definition) is 0. The molecule has 0 saturated heterocycles. The first kappa shape index (κ1) is 16.7. The van der Waals surface area contributed by atoms with E-state index < -0.39 is 0 Å². The van der Waals surface area contributed by atoms with E-state index in [1.165, 1.54) is 11.3 Å². The molecule has 0 spiro atoms. The summed E-state index contributed by atoms with van der Waals surface area (Å²) in [6.07, 6.45) is 2.47. The van der Waals surface area contributed by atoms with Gasteiger partial charge >= 0.3 is 0 Å². The van der Waals surface area contributed by atoms with Crippen LogP contribution < -0.4 is 0 Å². The molecular weight excluding hydrogens is 321 g/mol. The van der Waals surface area contributed by atoms with Crippen LogP contribution in [0.1, 0.15) is 29.9 Å². The van der Waals surface area contributed by atoms with E-state index in [4.69, 9.17) is 4.74 Å². The van der Waals surface area contributed by atoms with Crippen molar-refractivity contribution < 1.29 is 9.13 Å². The molecule has 0 bridgehead atoms. The number of aromatic nitrogens is 1. The Balaban J connectivity index is 2.06. The summed E-state index contributed by atoms with van der Waals surface area (Å²) in [6, 6.07) is 7.68. The van der Waals surface area contributed by atoms with Crippen LogP contribution in [0.25, 0.3) is 27.1 Å². The minimum atomic E-state index is -0.147. The molecule has 4 heteroatoms. The average Bonchev–Trinajstić information content (AvgIpc) is 3.04. The molecule has 0 atom stereocenters. The van der Waals surface area contributed by atoms with E-state index in [0.717, 1.165) is 37.3 Å². The fourth-order valence-corrected chi connectivity index (χ4v) is 3.62. The SMILES string of the molecule is C=C(OCC)c1cnc(-c2cc(C)c3cc(CC)c(F)cc3c2)s1. The fraction of sp³-hybridized carbons (Fsp3) is 0.250. The lowest BCUT2D eigenvalue weighted by atomic mass is 9.98. The van der Waals surface area contributed by atoms with E-state index in [2.05, 4.69) is 24.6 Å². The van der Waals surface area contributed by atoms with Crippen LogP contribution in [-0.4, -0.2) is 11.6 Å². The first-order valence-electron chi connectivity index (χ1n) is 8.04. The van der Waals surface area contributed by atoms with E-state index in [1.807, 2.05) is 26.0 Å². The monoisotopic (exact) mass is 341 g/mol. The van der Waals surface area contributed by atoms with Crippen molar-refractivity contribution in [1.82, 2.24) is 4.98 Å². The van der Waals surface area contributed by atoms with Gasteiger partial charge in [0.25, 0.3) is 0 Å². The minimum absolute atomic E-state index is 0.147. The second-order valence-electron chi connectivity index (χ2n) is 5.70. The molecule has 1 heterocycles. The minimum Gasteiger partial charge on any atom is -0.493 e. The number of fused-ring (bicyclic) bond motifs is 1. The van der Waals surface area contributed by atoms with Crippen LogP contribution in [0.2, 0.25) is 0 Å². The maximum atomic E-state index is 14.1. The Morgan fingerprint density at radius 3 is 2.75 bits per heavy atom. The standard InChI is InChI=1S/C20H20FNOS/c1-5-14-9-17-12(3)7-16(8-15(17)10-18(14)21)20-22-11-19(24-20)13(4)23-6-2/h7-11H,4-6H2,1-3H3. The Morgan fingerprint density at radius 2 is 2.04 bits per heavy atom. The largest absolute Gasteiger partial charge is 0.493 e. The molecule has 0 unspecified atom stereocenters. The maximum Gasteiger partial charge on any atom is 0.130 e. The maximum absolute atomic E-state index is 14.1. The molecule has 124 valence electrons. The summed E-state index contributed by atoms with van der Waals surface area (Å²) in [6.45, 7) is 10.5. The summed E-state index contributed by atoms with van der Waals surface area (Å²) >= 11 is 1.53. The Kier molecular flexibility index (Phi) is 4.67. The molecule has 2 nitrogen and oxygen atoms in total. The van der Waals surface area contributed by atoms with Crippen molar-refractivity contribution in [2.24, 2.45) is 0 Å². The van der Waals surface area contributed by atoms with Crippen LogP contribution >= 0.6 is 11.3 Å². The van der Waals surface area contributed by atoms with Gasteiger partial charge in [-0.2, -0.15) is 0 Å². The van der Waals surface area contributed by atoms with Gasteiger partial charge < -0.3 is 4.74 Å². The Labute approximate surface area is 145 Å². The van der Waals surface area contributed by atoms with Crippen molar-refractivity contribution in [3.63, 3.8) is 0 Å². The molecule has 0 aliphatic rings. The number of thiazole rings is 1. The Morgan fingerprint density at radius 1 is 1.25 bits per heavy atom. The topological polar surface area (TPSA) is 22.1 Å². The second-order valence-corrected chi connectivity index (χ2v) is 6.73. The zero-order valence-corrected chi connectivity index (χ0v) is 15.0. The van der Waals surface area contributed by atoms with Gasteiger partial charge in [0.1, 0.15) is 16.6 Å². The molecule has 2 aromatic carbocycles. The molecule has 3 aromatic rings. The second kappa shape index (κ2) is 6.73. The van der Waals surface area contributed by atoms with Crippen molar-refractivity contribution >= 4 is 27.9 Å². The third kappa shape index (κ3) is 3.06. The van der Waals surface area contributed by atoms with Crippen molar-refractivity contribution in [2.75, 3.05) is 6.61 Å². The van der Waals surface area contributed by atoms with E-state index in [1.54, 1.807) is 12.3 Å². The van der Waals surface area contributed by atoms with Crippen LogP contribution in [0, 0.1) is 12.7 Å². The Hall–Kier alpha value is -2.20. The number of benzene rings is 2. The summed E-state index contributed by atoms with van der Waals surface area (Å²) in [4.78, 5) is 5.39. The van der Waals surface area contributed by atoms with Gasteiger partial charge in [-0.25, -0.2) is 9.37 Å². The third-order valence-electron chi connectivity index (χ3n) is 4.05. The molecule has 0 amide bonds. The first-order chi connectivity index (χ1) is 11.5. The highest BCUT2D eigenvalue weighted by Gasteiger charge is 2.12. The van der Waals surface area contributed by atoms with Gasteiger partial charge in [-0.1, -0.05) is 13.5 Å². The predicted octanol–water partition coefficient (Wildman–Crippen LogP) is 5.98. The summed E-state index contributed by atoms with van der Waals surface area (Å²) < 4.78 is 19.6. The highest BCUT2D eigenvalue weighted by Crippen LogP contribution is 2.33. The smallest absolute Gasteiger partial charge is 0.130 e. The molecule has 0 radical (unpaired) electrons. The van der Waals surface area contributed by atoms with Crippen LogP contribution in [0.3, 0.4) is 0 Å². The van der Waals surface area contributed by atoms with Gasteiger partial charge in [0.15, 0.2) is 0 Å². The van der Waals surface area contributed by atoms with Gasteiger partial charge in [-0.3, -0.25) is 0 Å². The van der Waals surface area contributed by atoms with Crippen LogP contribution in [0.15, 0.2) is 37.0 Å². The van der Waals surface area contributed by atoms with Gasteiger partial charge in [0.05, 0.1) is 11.5 Å². The molecule has 0 aliphatic carbocycles. The van der Waals surface area contributed by atoms with E-state index in [9.17, 15) is 4.39 Å². The first-order valence-corrected chi connectivity index (χ1v) is 8.86. The van der Waals surface area contributed by atoms with Gasteiger partial charge in [-0.05, 0) is 66.4 Å². The normalized spacial score (nSPS) is 11.0. The fourth-order valence-electron chi connectivity index (χ4n) is 2.79. The summed E-state index contributed by atoms with van der Waals surface area (Å²) in [5.41, 5.74) is 2.87. The van der Waals surface area contributed by atoms with E-state index in [0.29, 0.717) is 18.8 Å². The zero-order chi connectivity index (χ0) is 17.3. The summed E-state index contributed by atoms with van der Waals surface area (Å²) in [5.74, 6) is 0.489. The van der Waals surface area contributed by atoms with Crippen LogP contribution in [0.4, 0.5) is 4.39 Å². The van der Waals surface area contributed by atoms with Gasteiger partial charge in [0, 0.05) is 11.8 Å². The van der Waals surface area contributed by atoms with Crippen LogP contribution in [-0.2, 0) is 11.2 Å². The zero-order valence-electron chi connectivity index (χ0n) is 14.1. The number of halogens is 1. The summed E-state index contributed by atoms with van der Waals surface area (Å²) in [5, 5.41) is 2.88. The highest BCUT2D eigenvalue weighted by atomic mass is 32.1. The molecule has 0 aliphatic heterocycles.